The molecule has 142 valence electrons. The molecular formula is C20H22N2O5. The quantitative estimate of drug-likeness (QED) is 0.755. The van der Waals surface area contributed by atoms with Gasteiger partial charge in [0.05, 0.1) is 26.0 Å². The van der Waals surface area contributed by atoms with Crippen LogP contribution >= 0.6 is 0 Å². The number of methoxy groups -OCH3 is 2. The van der Waals surface area contributed by atoms with Crippen LogP contribution in [0.4, 0.5) is 0 Å². The lowest BCUT2D eigenvalue weighted by molar-refractivity contribution is -0.127. The Morgan fingerprint density at radius 1 is 1.00 bits per heavy atom. The first kappa shape index (κ1) is 18.6. The summed E-state index contributed by atoms with van der Waals surface area (Å²) in [5, 5.41) is 0. The van der Waals surface area contributed by atoms with Crippen molar-refractivity contribution < 1.29 is 23.5 Å². The van der Waals surface area contributed by atoms with Crippen LogP contribution in [-0.2, 0) is 4.79 Å². The lowest BCUT2D eigenvalue weighted by Crippen LogP contribution is -2.50. The monoisotopic (exact) mass is 370 g/mol. The number of hydrogen-bond donors (Lipinski definition) is 0. The molecule has 0 atom stereocenters. The highest BCUT2D eigenvalue weighted by molar-refractivity contribution is 5.94. The van der Waals surface area contributed by atoms with Gasteiger partial charge in [0.25, 0.3) is 5.91 Å². The van der Waals surface area contributed by atoms with E-state index in [1.807, 2.05) is 12.1 Å². The van der Waals surface area contributed by atoms with Gasteiger partial charge in [-0.25, -0.2) is 0 Å². The SMILES string of the molecule is COc1cc(/C=C/C(=O)N2CCN(C(=O)c3ccoc3)CC2)cc(OC)c1. The molecule has 3 rings (SSSR count). The van der Waals surface area contributed by atoms with E-state index in [0.717, 1.165) is 5.56 Å². The van der Waals surface area contributed by atoms with Crippen LogP contribution in [0.25, 0.3) is 6.08 Å². The second kappa shape index (κ2) is 8.44. The van der Waals surface area contributed by atoms with Crippen molar-refractivity contribution >= 4 is 17.9 Å². The molecule has 27 heavy (non-hydrogen) atoms. The third kappa shape index (κ3) is 4.49. The molecular weight excluding hydrogens is 348 g/mol. The normalized spacial score (nSPS) is 14.4. The van der Waals surface area contributed by atoms with Crippen molar-refractivity contribution in [3.05, 3.63) is 54.0 Å². The van der Waals surface area contributed by atoms with E-state index in [9.17, 15) is 9.59 Å². The summed E-state index contributed by atoms with van der Waals surface area (Å²) in [4.78, 5) is 28.2. The van der Waals surface area contributed by atoms with Crippen molar-refractivity contribution in [1.29, 1.82) is 0 Å². The molecule has 1 aliphatic rings. The van der Waals surface area contributed by atoms with Crippen LogP contribution in [0.15, 0.2) is 47.3 Å². The molecule has 2 aromatic rings. The zero-order chi connectivity index (χ0) is 19.2. The van der Waals surface area contributed by atoms with E-state index in [4.69, 9.17) is 13.9 Å². The van der Waals surface area contributed by atoms with Gasteiger partial charge in [-0.3, -0.25) is 9.59 Å². The number of hydrogen-bond acceptors (Lipinski definition) is 5. The maximum atomic E-state index is 12.4. The van der Waals surface area contributed by atoms with Gasteiger partial charge in [0.15, 0.2) is 0 Å². The topological polar surface area (TPSA) is 72.2 Å². The van der Waals surface area contributed by atoms with Gasteiger partial charge in [-0.15, -0.1) is 0 Å². The molecule has 0 radical (unpaired) electrons. The second-order valence-corrected chi connectivity index (χ2v) is 6.11. The number of carbonyl (C=O) groups is 2. The molecule has 0 N–H and O–H groups in total. The first-order valence-corrected chi connectivity index (χ1v) is 8.62. The van der Waals surface area contributed by atoms with Crippen LogP contribution in [0.2, 0.25) is 0 Å². The van der Waals surface area contributed by atoms with Gasteiger partial charge in [0.1, 0.15) is 17.8 Å². The third-order valence-electron chi connectivity index (χ3n) is 4.44. The minimum atomic E-state index is -0.0906. The summed E-state index contributed by atoms with van der Waals surface area (Å²) in [6.07, 6.45) is 6.18. The van der Waals surface area contributed by atoms with Gasteiger partial charge in [-0.05, 0) is 29.8 Å². The molecule has 0 saturated carbocycles. The van der Waals surface area contributed by atoms with Gasteiger partial charge in [-0.2, -0.15) is 0 Å². The Hall–Kier alpha value is -3.22. The highest BCUT2D eigenvalue weighted by Gasteiger charge is 2.24. The summed E-state index contributed by atoms with van der Waals surface area (Å²) in [6, 6.07) is 7.07. The summed E-state index contributed by atoms with van der Waals surface area (Å²) in [5.74, 6) is 1.16. The zero-order valence-corrected chi connectivity index (χ0v) is 15.4. The van der Waals surface area contributed by atoms with Crippen molar-refractivity contribution in [3.8, 4) is 11.5 Å². The van der Waals surface area contributed by atoms with Crippen molar-refractivity contribution in [2.24, 2.45) is 0 Å². The van der Waals surface area contributed by atoms with Gasteiger partial charge >= 0.3 is 0 Å². The van der Waals surface area contributed by atoms with Crippen LogP contribution in [0.1, 0.15) is 15.9 Å². The standard InChI is InChI=1S/C20H22N2O5/c1-25-17-11-15(12-18(13-17)26-2)3-4-19(23)21-6-8-22(9-7-21)20(24)16-5-10-27-14-16/h3-5,10-14H,6-9H2,1-2H3/b4-3+. The minimum Gasteiger partial charge on any atom is -0.497 e. The Balaban J connectivity index is 1.58. The highest BCUT2D eigenvalue weighted by Crippen LogP contribution is 2.23. The number of carbonyl (C=O) groups excluding carboxylic acids is 2. The Bertz CT molecular complexity index is 799. The lowest BCUT2D eigenvalue weighted by Gasteiger charge is -2.34. The van der Waals surface area contributed by atoms with Crippen molar-refractivity contribution in [2.45, 2.75) is 0 Å². The summed E-state index contributed by atoms with van der Waals surface area (Å²) >= 11 is 0. The van der Waals surface area contributed by atoms with Crippen LogP contribution in [-0.4, -0.2) is 62.0 Å². The molecule has 2 amide bonds. The van der Waals surface area contributed by atoms with Crippen molar-refractivity contribution in [3.63, 3.8) is 0 Å². The molecule has 1 aromatic heterocycles. The van der Waals surface area contributed by atoms with Crippen molar-refractivity contribution in [2.75, 3.05) is 40.4 Å². The summed E-state index contributed by atoms with van der Waals surface area (Å²) < 4.78 is 15.4. The van der Waals surface area contributed by atoms with Gasteiger partial charge in [-0.1, -0.05) is 0 Å². The first-order valence-electron chi connectivity index (χ1n) is 8.62. The van der Waals surface area contributed by atoms with E-state index >= 15 is 0 Å². The molecule has 1 aromatic carbocycles. The molecule has 0 bridgehead atoms. The highest BCUT2D eigenvalue weighted by atomic mass is 16.5. The molecule has 7 heteroatoms. The molecule has 1 fully saturated rings. The van der Waals surface area contributed by atoms with Crippen LogP contribution < -0.4 is 9.47 Å². The third-order valence-corrected chi connectivity index (χ3v) is 4.44. The van der Waals surface area contributed by atoms with Gasteiger partial charge in [0.2, 0.25) is 5.91 Å². The van der Waals surface area contributed by atoms with E-state index in [-0.39, 0.29) is 11.8 Å². The summed E-state index contributed by atoms with van der Waals surface area (Å²) in [7, 11) is 3.16. The number of ether oxygens (including phenoxy) is 2. The van der Waals surface area contributed by atoms with E-state index in [2.05, 4.69) is 0 Å². The summed E-state index contributed by atoms with van der Waals surface area (Å²) in [6.45, 7) is 1.98. The van der Waals surface area contributed by atoms with Crippen LogP contribution in [0, 0.1) is 0 Å². The Labute approximate surface area is 157 Å². The van der Waals surface area contributed by atoms with Crippen LogP contribution in [0.5, 0.6) is 11.5 Å². The lowest BCUT2D eigenvalue weighted by atomic mass is 10.1. The fourth-order valence-corrected chi connectivity index (χ4v) is 2.90. The average Bonchev–Trinajstić information content (AvgIpc) is 3.26. The Morgan fingerprint density at radius 2 is 1.63 bits per heavy atom. The number of benzene rings is 1. The zero-order valence-electron chi connectivity index (χ0n) is 15.4. The van der Waals surface area contributed by atoms with E-state index in [1.165, 1.54) is 18.6 Å². The van der Waals surface area contributed by atoms with Gasteiger partial charge < -0.3 is 23.7 Å². The van der Waals surface area contributed by atoms with Crippen LogP contribution in [0.3, 0.4) is 0 Å². The Morgan fingerprint density at radius 3 is 2.19 bits per heavy atom. The van der Waals surface area contributed by atoms with Gasteiger partial charge in [0, 0.05) is 38.3 Å². The van der Waals surface area contributed by atoms with Crippen molar-refractivity contribution in [1.82, 2.24) is 9.80 Å². The van der Waals surface area contributed by atoms with E-state index in [1.54, 1.807) is 42.2 Å². The fraction of sp³-hybridized carbons (Fsp3) is 0.300. The largest absolute Gasteiger partial charge is 0.497 e. The molecule has 1 saturated heterocycles. The predicted molar refractivity (Wildman–Crippen MR) is 99.8 cm³/mol. The first-order chi connectivity index (χ1) is 13.1. The number of nitrogens with zero attached hydrogens (tertiary/aromatic N) is 2. The van der Waals surface area contributed by atoms with E-state index < -0.39 is 0 Å². The van der Waals surface area contributed by atoms with E-state index in [0.29, 0.717) is 43.2 Å². The average molecular weight is 370 g/mol. The molecule has 2 heterocycles. The molecule has 0 aliphatic carbocycles. The smallest absolute Gasteiger partial charge is 0.257 e. The number of piperazine rings is 1. The number of furan rings is 1. The predicted octanol–water partition coefficient (Wildman–Crippen LogP) is 2.29. The number of rotatable bonds is 5. The number of amides is 2. The summed E-state index contributed by atoms with van der Waals surface area (Å²) in [5.41, 5.74) is 1.34. The molecule has 0 spiro atoms. The molecule has 7 nitrogen and oxygen atoms in total. The maximum absolute atomic E-state index is 12.4. The maximum Gasteiger partial charge on any atom is 0.257 e. The minimum absolute atomic E-state index is 0.0742. The fourth-order valence-electron chi connectivity index (χ4n) is 2.90. The molecule has 1 aliphatic heterocycles. The second-order valence-electron chi connectivity index (χ2n) is 6.11. The molecule has 0 unspecified atom stereocenters. The Kier molecular flexibility index (Phi) is 5.80.